The third-order valence-electron chi connectivity index (χ3n) is 3.47. The maximum atomic E-state index is 12.3. The van der Waals surface area contributed by atoms with Crippen molar-refractivity contribution < 1.29 is 4.79 Å². The van der Waals surface area contributed by atoms with E-state index < -0.39 is 6.04 Å². The number of benzene rings is 2. The van der Waals surface area contributed by atoms with Gasteiger partial charge in [0, 0.05) is 11.3 Å². The second-order valence-electron chi connectivity index (χ2n) is 5.33. The molecule has 3 rings (SSSR count). The van der Waals surface area contributed by atoms with E-state index >= 15 is 0 Å². The van der Waals surface area contributed by atoms with E-state index in [2.05, 4.69) is 20.7 Å². The summed E-state index contributed by atoms with van der Waals surface area (Å²) in [6.07, 6.45) is 0. The Bertz CT molecular complexity index is 813. The number of anilines is 1. The average molecular weight is 307 g/mol. The van der Waals surface area contributed by atoms with Gasteiger partial charge in [0.1, 0.15) is 6.04 Å². The number of aromatic nitrogens is 4. The lowest BCUT2D eigenvalue weighted by atomic mass is 10.2. The van der Waals surface area contributed by atoms with Crippen molar-refractivity contribution in [3.63, 3.8) is 0 Å². The Balaban J connectivity index is 1.74. The highest BCUT2D eigenvalue weighted by Gasteiger charge is 2.18. The monoisotopic (exact) mass is 307 g/mol. The molecule has 0 saturated carbocycles. The van der Waals surface area contributed by atoms with Crippen LogP contribution in [0.2, 0.25) is 0 Å². The Labute approximate surface area is 134 Å². The Hall–Kier alpha value is -3.02. The lowest BCUT2D eigenvalue weighted by Gasteiger charge is -2.11. The zero-order valence-corrected chi connectivity index (χ0v) is 13.0. The van der Waals surface area contributed by atoms with Crippen LogP contribution in [-0.4, -0.2) is 26.1 Å². The number of aryl methyl sites for hydroxylation is 1. The largest absolute Gasteiger partial charge is 0.324 e. The molecule has 0 aliphatic rings. The van der Waals surface area contributed by atoms with Gasteiger partial charge in [-0.2, -0.15) is 4.80 Å². The smallest absolute Gasteiger partial charge is 0.250 e. The van der Waals surface area contributed by atoms with Gasteiger partial charge in [-0.15, -0.1) is 10.2 Å². The molecular formula is C17H17N5O. The van der Waals surface area contributed by atoms with Crippen molar-refractivity contribution >= 4 is 11.6 Å². The van der Waals surface area contributed by atoms with Gasteiger partial charge in [-0.1, -0.05) is 42.5 Å². The van der Waals surface area contributed by atoms with Crippen LogP contribution in [0.1, 0.15) is 18.5 Å². The summed E-state index contributed by atoms with van der Waals surface area (Å²) in [7, 11) is 0. The Morgan fingerprint density at radius 1 is 1.13 bits per heavy atom. The summed E-state index contributed by atoms with van der Waals surface area (Å²) in [5.74, 6) is 0.313. The Morgan fingerprint density at radius 2 is 1.91 bits per heavy atom. The molecule has 0 spiro atoms. The molecule has 2 aromatic carbocycles. The highest BCUT2D eigenvalue weighted by molar-refractivity contribution is 5.93. The summed E-state index contributed by atoms with van der Waals surface area (Å²) < 4.78 is 0. The number of carbonyl (C=O) groups is 1. The van der Waals surface area contributed by atoms with Crippen LogP contribution in [0.25, 0.3) is 11.4 Å². The molecule has 0 aliphatic carbocycles. The molecule has 0 aliphatic heterocycles. The average Bonchev–Trinajstić information content (AvgIpc) is 3.05. The number of carbonyl (C=O) groups excluding carboxylic acids is 1. The Morgan fingerprint density at radius 3 is 2.65 bits per heavy atom. The fourth-order valence-corrected chi connectivity index (χ4v) is 2.17. The molecule has 0 radical (unpaired) electrons. The van der Waals surface area contributed by atoms with Crippen molar-refractivity contribution in [1.82, 2.24) is 20.2 Å². The molecule has 1 heterocycles. The maximum absolute atomic E-state index is 12.3. The standard InChI is InChI=1S/C17H17N5O/c1-12-7-6-10-15(11-12)18-17(23)13(2)22-20-16(19-21-22)14-8-4-3-5-9-14/h3-11,13H,1-2H3,(H,18,23). The summed E-state index contributed by atoms with van der Waals surface area (Å²) in [4.78, 5) is 13.7. The predicted octanol–water partition coefficient (Wildman–Crippen LogP) is 2.85. The second kappa shape index (κ2) is 6.39. The summed E-state index contributed by atoms with van der Waals surface area (Å²) in [5.41, 5.74) is 2.70. The summed E-state index contributed by atoms with van der Waals surface area (Å²) in [6.45, 7) is 3.71. The van der Waals surface area contributed by atoms with Gasteiger partial charge >= 0.3 is 0 Å². The number of rotatable bonds is 4. The number of tetrazole rings is 1. The fourth-order valence-electron chi connectivity index (χ4n) is 2.17. The summed E-state index contributed by atoms with van der Waals surface area (Å²) in [5, 5.41) is 15.2. The highest BCUT2D eigenvalue weighted by Crippen LogP contribution is 2.15. The van der Waals surface area contributed by atoms with Crippen molar-refractivity contribution in [2.75, 3.05) is 5.32 Å². The molecule has 1 unspecified atom stereocenters. The van der Waals surface area contributed by atoms with Crippen LogP contribution in [-0.2, 0) is 4.79 Å². The first-order valence-electron chi connectivity index (χ1n) is 7.36. The first-order chi connectivity index (χ1) is 11.1. The van der Waals surface area contributed by atoms with E-state index in [0.717, 1.165) is 16.8 Å². The van der Waals surface area contributed by atoms with Gasteiger partial charge < -0.3 is 5.32 Å². The van der Waals surface area contributed by atoms with Crippen molar-refractivity contribution in [1.29, 1.82) is 0 Å². The van der Waals surface area contributed by atoms with E-state index in [1.54, 1.807) is 6.92 Å². The fraction of sp³-hybridized carbons (Fsp3) is 0.176. The van der Waals surface area contributed by atoms with Gasteiger partial charge in [-0.3, -0.25) is 4.79 Å². The molecular weight excluding hydrogens is 290 g/mol. The molecule has 0 bridgehead atoms. The first-order valence-corrected chi connectivity index (χ1v) is 7.36. The van der Waals surface area contributed by atoms with E-state index in [4.69, 9.17) is 0 Å². The van der Waals surface area contributed by atoms with Crippen LogP contribution in [0.5, 0.6) is 0 Å². The number of amides is 1. The SMILES string of the molecule is Cc1cccc(NC(=O)C(C)n2nnc(-c3ccccc3)n2)c1. The van der Waals surface area contributed by atoms with Crippen LogP contribution in [0.3, 0.4) is 0 Å². The van der Waals surface area contributed by atoms with Crippen molar-refractivity contribution in [2.24, 2.45) is 0 Å². The van der Waals surface area contributed by atoms with E-state index in [1.165, 1.54) is 4.80 Å². The third-order valence-corrected chi connectivity index (χ3v) is 3.47. The van der Waals surface area contributed by atoms with E-state index in [0.29, 0.717) is 5.82 Å². The zero-order valence-electron chi connectivity index (χ0n) is 13.0. The highest BCUT2D eigenvalue weighted by atomic mass is 16.2. The van der Waals surface area contributed by atoms with E-state index in [-0.39, 0.29) is 5.91 Å². The van der Waals surface area contributed by atoms with Crippen LogP contribution in [0.15, 0.2) is 54.6 Å². The second-order valence-corrected chi connectivity index (χ2v) is 5.33. The van der Waals surface area contributed by atoms with E-state index in [1.807, 2.05) is 61.5 Å². The maximum Gasteiger partial charge on any atom is 0.250 e. The lowest BCUT2D eigenvalue weighted by molar-refractivity contribution is -0.119. The van der Waals surface area contributed by atoms with Crippen LogP contribution in [0, 0.1) is 6.92 Å². The van der Waals surface area contributed by atoms with Gasteiger partial charge in [0.15, 0.2) is 0 Å². The topological polar surface area (TPSA) is 72.7 Å². The summed E-state index contributed by atoms with van der Waals surface area (Å²) in [6, 6.07) is 16.6. The minimum absolute atomic E-state index is 0.187. The van der Waals surface area contributed by atoms with Gasteiger partial charge in [0.05, 0.1) is 0 Å². The molecule has 116 valence electrons. The molecule has 0 saturated heterocycles. The van der Waals surface area contributed by atoms with Gasteiger partial charge in [-0.25, -0.2) is 0 Å². The quantitative estimate of drug-likeness (QED) is 0.804. The molecule has 6 heteroatoms. The minimum atomic E-state index is -0.555. The number of hydrogen-bond acceptors (Lipinski definition) is 4. The van der Waals surface area contributed by atoms with Crippen molar-refractivity contribution in [3.8, 4) is 11.4 Å². The van der Waals surface area contributed by atoms with Gasteiger partial charge in [-0.05, 0) is 36.8 Å². The molecule has 1 amide bonds. The minimum Gasteiger partial charge on any atom is -0.324 e. The van der Waals surface area contributed by atoms with E-state index in [9.17, 15) is 4.79 Å². The van der Waals surface area contributed by atoms with Crippen LogP contribution in [0.4, 0.5) is 5.69 Å². The molecule has 1 N–H and O–H groups in total. The van der Waals surface area contributed by atoms with Gasteiger partial charge in [0.25, 0.3) is 5.91 Å². The molecule has 0 fully saturated rings. The molecule has 1 aromatic heterocycles. The number of nitrogens with zero attached hydrogens (tertiary/aromatic N) is 4. The molecule has 3 aromatic rings. The predicted molar refractivity (Wildman–Crippen MR) is 87.8 cm³/mol. The summed E-state index contributed by atoms with van der Waals surface area (Å²) >= 11 is 0. The molecule has 1 atom stereocenters. The molecule has 23 heavy (non-hydrogen) atoms. The van der Waals surface area contributed by atoms with Crippen molar-refractivity contribution in [3.05, 3.63) is 60.2 Å². The normalized spacial score (nSPS) is 11.9. The number of nitrogens with one attached hydrogen (secondary N) is 1. The van der Waals surface area contributed by atoms with Crippen LogP contribution >= 0.6 is 0 Å². The first kappa shape index (κ1) is 14.9. The van der Waals surface area contributed by atoms with Gasteiger partial charge in [0.2, 0.25) is 5.82 Å². The van der Waals surface area contributed by atoms with Crippen LogP contribution < -0.4 is 5.32 Å². The third kappa shape index (κ3) is 3.42. The number of hydrogen-bond donors (Lipinski definition) is 1. The molecule has 6 nitrogen and oxygen atoms in total. The Kier molecular flexibility index (Phi) is 4.14. The lowest BCUT2D eigenvalue weighted by Crippen LogP contribution is -2.25. The van der Waals surface area contributed by atoms with Crippen molar-refractivity contribution in [2.45, 2.75) is 19.9 Å². The zero-order chi connectivity index (χ0) is 16.2.